The molecule has 1 aromatic heterocycles. The van der Waals surface area contributed by atoms with Crippen LogP contribution in [0.2, 0.25) is 0 Å². The third kappa shape index (κ3) is 2.99. The average molecular weight is 204 g/mol. The highest BCUT2D eigenvalue weighted by Gasteiger charge is 2.05. The molecule has 0 fully saturated rings. The molecule has 1 heterocycles. The molecule has 78 valence electrons. The van der Waals surface area contributed by atoms with E-state index in [1.54, 1.807) is 6.07 Å². The summed E-state index contributed by atoms with van der Waals surface area (Å²) in [4.78, 5) is 16.5. The first-order valence-corrected chi connectivity index (χ1v) is 4.49. The standard InChI is InChI=1S/C11H12N2O2/c1-3-4-7-13(2)10-6-5-9(8-12-10)11(14)15/h1,5-6,8H,4,7H2,2H3,(H,14,15). The number of pyridine rings is 1. The number of anilines is 1. The Morgan fingerprint density at radius 3 is 2.87 bits per heavy atom. The molecule has 0 aromatic carbocycles. The minimum atomic E-state index is -0.972. The molecule has 1 rings (SSSR count). The summed E-state index contributed by atoms with van der Waals surface area (Å²) in [7, 11) is 1.86. The second-order valence-corrected chi connectivity index (χ2v) is 3.09. The fourth-order valence-corrected chi connectivity index (χ4v) is 1.09. The molecule has 0 saturated heterocycles. The van der Waals surface area contributed by atoms with Crippen molar-refractivity contribution < 1.29 is 9.90 Å². The topological polar surface area (TPSA) is 53.4 Å². The molecule has 1 N–H and O–H groups in total. The van der Waals surface area contributed by atoms with Gasteiger partial charge in [-0.3, -0.25) is 0 Å². The minimum Gasteiger partial charge on any atom is -0.478 e. The number of rotatable bonds is 4. The molecule has 0 bridgehead atoms. The van der Waals surface area contributed by atoms with Crippen LogP contribution in [0.4, 0.5) is 5.82 Å². The number of hydrogen-bond acceptors (Lipinski definition) is 3. The number of carbonyl (C=O) groups is 1. The van der Waals surface area contributed by atoms with E-state index in [1.807, 2.05) is 11.9 Å². The van der Waals surface area contributed by atoms with Crippen molar-refractivity contribution in [3.05, 3.63) is 23.9 Å². The lowest BCUT2D eigenvalue weighted by Crippen LogP contribution is -2.19. The van der Waals surface area contributed by atoms with E-state index < -0.39 is 5.97 Å². The minimum absolute atomic E-state index is 0.184. The van der Waals surface area contributed by atoms with Gasteiger partial charge in [0.05, 0.1) is 5.56 Å². The predicted octanol–water partition coefficient (Wildman–Crippen LogP) is 1.24. The Balaban J connectivity index is 2.71. The van der Waals surface area contributed by atoms with Crippen molar-refractivity contribution in [2.45, 2.75) is 6.42 Å². The van der Waals surface area contributed by atoms with Gasteiger partial charge in [-0.05, 0) is 12.1 Å². The number of terminal acetylenes is 1. The first-order valence-electron chi connectivity index (χ1n) is 4.49. The fourth-order valence-electron chi connectivity index (χ4n) is 1.09. The van der Waals surface area contributed by atoms with Gasteiger partial charge in [-0.15, -0.1) is 12.3 Å². The summed E-state index contributed by atoms with van der Waals surface area (Å²) in [6, 6.07) is 3.19. The van der Waals surface area contributed by atoms with Gasteiger partial charge >= 0.3 is 5.97 Å². The quantitative estimate of drug-likeness (QED) is 0.750. The van der Waals surface area contributed by atoms with Gasteiger partial charge in [0.15, 0.2) is 0 Å². The molecule has 0 spiro atoms. The Kier molecular flexibility index (Phi) is 3.69. The van der Waals surface area contributed by atoms with Crippen molar-refractivity contribution >= 4 is 11.8 Å². The van der Waals surface area contributed by atoms with E-state index in [0.29, 0.717) is 13.0 Å². The van der Waals surface area contributed by atoms with Crippen molar-refractivity contribution in [3.63, 3.8) is 0 Å². The number of hydrogen-bond donors (Lipinski definition) is 1. The van der Waals surface area contributed by atoms with Crippen LogP contribution in [-0.4, -0.2) is 29.7 Å². The molecular weight excluding hydrogens is 192 g/mol. The third-order valence-electron chi connectivity index (χ3n) is 1.98. The summed E-state index contributed by atoms with van der Waals surface area (Å²) in [5.41, 5.74) is 0.184. The molecule has 4 heteroatoms. The van der Waals surface area contributed by atoms with Gasteiger partial charge < -0.3 is 10.0 Å². The van der Waals surface area contributed by atoms with Crippen LogP contribution in [-0.2, 0) is 0 Å². The molecule has 1 aromatic rings. The summed E-state index contributed by atoms with van der Waals surface area (Å²) < 4.78 is 0. The fraction of sp³-hybridized carbons (Fsp3) is 0.273. The Morgan fingerprint density at radius 2 is 2.40 bits per heavy atom. The molecule has 0 amide bonds. The van der Waals surface area contributed by atoms with E-state index in [-0.39, 0.29) is 5.56 Å². The lowest BCUT2D eigenvalue weighted by Gasteiger charge is -2.16. The van der Waals surface area contributed by atoms with Crippen LogP contribution in [0.5, 0.6) is 0 Å². The molecule has 0 saturated carbocycles. The summed E-state index contributed by atoms with van der Waals surface area (Å²) in [5, 5.41) is 8.68. The predicted molar refractivity (Wildman–Crippen MR) is 57.9 cm³/mol. The normalized spacial score (nSPS) is 9.33. The van der Waals surface area contributed by atoms with Crippen LogP contribution in [0.1, 0.15) is 16.8 Å². The molecule has 0 unspecified atom stereocenters. The smallest absolute Gasteiger partial charge is 0.337 e. The van der Waals surface area contributed by atoms with Gasteiger partial charge in [-0.25, -0.2) is 9.78 Å². The SMILES string of the molecule is C#CCCN(C)c1ccc(C(=O)O)cn1. The number of nitrogens with zero attached hydrogens (tertiary/aromatic N) is 2. The van der Waals surface area contributed by atoms with Crippen molar-refractivity contribution in [3.8, 4) is 12.3 Å². The zero-order valence-electron chi connectivity index (χ0n) is 8.47. The Morgan fingerprint density at radius 1 is 1.67 bits per heavy atom. The van der Waals surface area contributed by atoms with Crippen LogP contribution in [0.15, 0.2) is 18.3 Å². The average Bonchev–Trinajstić information content (AvgIpc) is 2.26. The van der Waals surface area contributed by atoms with E-state index in [4.69, 9.17) is 11.5 Å². The second kappa shape index (κ2) is 5.01. The molecule has 0 atom stereocenters. The van der Waals surface area contributed by atoms with E-state index in [1.165, 1.54) is 12.3 Å². The third-order valence-corrected chi connectivity index (χ3v) is 1.98. The summed E-state index contributed by atoms with van der Waals surface area (Å²) in [6.45, 7) is 0.704. The van der Waals surface area contributed by atoms with Gasteiger partial charge in [0.25, 0.3) is 0 Å². The Labute approximate surface area is 88.6 Å². The van der Waals surface area contributed by atoms with E-state index in [0.717, 1.165) is 5.82 Å². The maximum Gasteiger partial charge on any atom is 0.337 e. The van der Waals surface area contributed by atoms with Gasteiger partial charge in [0.2, 0.25) is 0 Å². The molecule has 15 heavy (non-hydrogen) atoms. The van der Waals surface area contributed by atoms with E-state index in [2.05, 4.69) is 10.9 Å². The van der Waals surface area contributed by atoms with Crippen LogP contribution in [0, 0.1) is 12.3 Å². The first-order chi connectivity index (χ1) is 7.15. The molecule has 4 nitrogen and oxygen atoms in total. The van der Waals surface area contributed by atoms with Gasteiger partial charge in [-0.1, -0.05) is 0 Å². The molecule has 0 aliphatic rings. The van der Waals surface area contributed by atoms with Crippen LogP contribution < -0.4 is 4.90 Å². The zero-order chi connectivity index (χ0) is 11.3. The van der Waals surface area contributed by atoms with Crippen molar-refractivity contribution in [1.82, 2.24) is 4.98 Å². The molecule has 0 aliphatic heterocycles. The maximum atomic E-state index is 10.6. The zero-order valence-corrected chi connectivity index (χ0v) is 8.47. The van der Waals surface area contributed by atoms with Crippen LogP contribution >= 0.6 is 0 Å². The monoisotopic (exact) mass is 204 g/mol. The second-order valence-electron chi connectivity index (χ2n) is 3.09. The lowest BCUT2D eigenvalue weighted by atomic mass is 10.3. The number of carboxylic acid groups (broad SMARTS) is 1. The highest BCUT2D eigenvalue weighted by molar-refractivity contribution is 5.87. The maximum absolute atomic E-state index is 10.6. The lowest BCUT2D eigenvalue weighted by molar-refractivity contribution is 0.0696. The van der Waals surface area contributed by atoms with E-state index >= 15 is 0 Å². The van der Waals surface area contributed by atoms with Crippen molar-refractivity contribution in [2.24, 2.45) is 0 Å². The number of carboxylic acids is 1. The summed E-state index contributed by atoms with van der Waals surface area (Å²) in [6.07, 6.45) is 7.12. The summed E-state index contributed by atoms with van der Waals surface area (Å²) >= 11 is 0. The molecule has 0 radical (unpaired) electrons. The van der Waals surface area contributed by atoms with Gasteiger partial charge in [0.1, 0.15) is 5.82 Å². The molecule has 0 aliphatic carbocycles. The van der Waals surface area contributed by atoms with Gasteiger partial charge in [0, 0.05) is 26.2 Å². The van der Waals surface area contributed by atoms with Gasteiger partial charge in [-0.2, -0.15) is 0 Å². The Hall–Kier alpha value is -2.02. The van der Waals surface area contributed by atoms with E-state index in [9.17, 15) is 4.79 Å². The van der Waals surface area contributed by atoms with Crippen LogP contribution in [0.25, 0.3) is 0 Å². The number of aromatic nitrogens is 1. The van der Waals surface area contributed by atoms with Crippen LogP contribution in [0.3, 0.4) is 0 Å². The largest absolute Gasteiger partial charge is 0.478 e. The van der Waals surface area contributed by atoms with Crippen molar-refractivity contribution in [2.75, 3.05) is 18.5 Å². The molecular formula is C11H12N2O2. The first kappa shape index (κ1) is 11.1. The highest BCUT2D eigenvalue weighted by Crippen LogP contribution is 2.09. The number of aromatic carboxylic acids is 1. The summed E-state index contributed by atoms with van der Waals surface area (Å²) in [5.74, 6) is 2.28. The Bertz CT molecular complexity index is 379. The van der Waals surface area contributed by atoms with Crippen molar-refractivity contribution in [1.29, 1.82) is 0 Å². The highest BCUT2D eigenvalue weighted by atomic mass is 16.4.